The van der Waals surface area contributed by atoms with Crippen LogP contribution in [-0.2, 0) is 0 Å². The number of amides is 1. The average molecular weight is 419 g/mol. The molecule has 0 aliphatic rings. The maximum Gasteiger partial charge on any atom is 0.271 e. The highest BCUT2D eigenvalue weighted by molar-refractivity contribution is 14.1. The lowest BCUT2D eigenvalue weighted by molar-refractivity contribution is 0.0955. The number of carbonyl (C=O) groups is 1. The molecule has 20 heavy (non-hydrogen) atoms. The van der Waals surface area contributed by atoms with E-state index in [-0.39, 0.29) is 5.91 Å². The summed E-state index contributed by atoms with van der Waals surface area (Å²) in [5, 5.41) is 4.73. The van der Waals surface area contributed by atoms with Crippen LogP contribution in [0.4, 0.5) is 0 Å². The summed E-state index contributed by atoms with van der Waals surface area (Å²) < 4.78 is 0.983. The lowest BCUT2D eigenvalue weighted by atomic mass is 10.2. The standard InChI is InChI=1S/C14H9Cl2IN2O/c15-12-6-2-4-10(13(12)16)8-18-19-14(20)9-3-1-5-11(17)7-9/h1-8H,(H,19,20)/b18-8+. The lowest BCUT2D eigenvalue weighted by Crippen LogP contribution is -2.17. The van der Waals surface area contributed by atoms with Crippen molar-refractivity contribution in [2.45, 2.75) is 0 Å². The zero-order valence-corrected chi connectivity index (χ0v) is 13.8. The van der Waals surface area contributed by atoms with E-state index >= 15 is 0 Å². The number of hydrogen-bond acceptors (Lipinski definition) is 2. The van der Waals surface area contributed by atoms with E-state index in [1.165, 1.54) is 6.21 Å². The van der Waals surface area contributed by atoms with Crippen molar-refractivity contribution >= 4 is 57.9 Å². The molecule has 2 aromatic carbocycles. The van der Waals surface area contributed by atoms with Crippen molar-refractivity contribution in [3.8, 4) is 0 Å². The number of halogens is 3. The molecular formula is C14H9Cl2IN2O. The number of benzene rings is 2. The third-order valence-corrected chi connectivity index (χ3v) is 3.94. The van der Waals surface area contributed by atoms with Crippen LogP contribution in [0.25, 0.3) is 0 Å². The summed E-state index contributed by atoms with van der Waals surface area (Å²) in [5.41, 5.74) is 3.64. The van der Waals surface area contributed by atoms with Crippen molar-refractivity contribution in [3.05, 3.63) is 67.2 Å². The van der Waals surface area contributed by atoms with Crippen LogP contribution in [0.5, 0.6) is 0 Å². The Morgan fingerprint density at radius 3 is 2.70 bits per heavy atom. The van der Waals surface area contributed by atoms with Crippen molar-refractivity contribution in [3.63, 3.8) is 0 Å². The maximum atomic E-state index is 11.9. The molecule has 0 radical (unpaired) electrons. The highest BCUT2D eigenvalue weighted by Crippen LogP contribution is 2.24. The highest BCUT2D eigenvalue weighted by Gasteiger charge is 2.05. The van der Waals surface area contributed by atoms with Crippen LogP contribution < -0.4 is 5.43 Å². The summed E-state index contributed by atoms with van der Waals surface area (Å²) in [6.07, 6.45) is 1.46. The molecule has 2 rings (SSSR count). The number of nitrogens with one attached hydrogen (secondary N) is 1. The Bertz CT molecular complexity index is 674. The molecule has 0 spiro atoms. The van der Waals surface area contributed by atoms with Crippen molar-refractivity contribution in [1.29, 1.82) is 0 Å². The van der Waals surface area contributed by atoms with Crippen molar-refractivity contribution in [2.24, 2.45) is 5.10 Å². The first-order valence-electron chi connectivity index (χ1n) is 5.61. The molecule has 0 atom stereocenters. The number of carbonyl (C=O) groups excluding carboxylic acids is 1. The van der Waals surface area contributed by atoms with Gasteiger partial charge in [-0.25, -0.2) is 5.43 Å². The molecule has 0 unspecified atom stereocenters. The number of rotatable bonds is 3. The molecule has 1 amide bonds. The van der Waals surface area contributed by atoms with Crippen LogP contribution in [-0.4, -0.2) is 12.1 Å². The minimum absolute atomic E-state index is 0.280. The van der Waals surface area contributed by atoms with Crippen LogP contribution in [0, 0.1) is 3.57 Å². The first-order valence-corrected chi connectivity index (χ1v) is 7.44. The SMILES string of the molecule is O=C(N/N=C/c1cccc(Cl)c1Cl)c1cccc(I)c1. The first-order chi connectivity index (χ1) is 9.58. The van der Waals surface area contributed by atoms with E-state index in [4.69, 9.17) is 23.2 Å². The van der Waals surface area contributed by atoms with Gasteiger partial charge in [0.2, 0.25) is 0 Å². The Balaban J connectivity index is 2.07. The van der Waals surface area contributed by atoms with E-state index in [9.17, 15) is 4.79 Å². The normalized spacial score (nSPS) is 10.8. The van der Waals surface area contributed by atoms with E-state index in [2.05, 4.69) is 33.1 Å². The topological polar surface area (TPSA) is 41.5 Å². The largest absolute Gasteiger partial charge is 0.271 e. The minimum atomic E-state index is -0.280. The molecule has 102 valence electrons. The molecule has 0 bridgehead atoms. The minimum Gasteiger partial charge on any atom is -0.267 e. The fraction of sp³-hybridized carbons (Fsp3) is 0. The molecule has 0 heterocycles. The molecule has 6 heteroatoms. The molecule has 0 aromatic heterocycles. The van der Waals surface area contributed by atoms with Gasteiger partial charge >= 0.3 is 0 Å². The summed E-state index contributed by atoms with van der Waals surface area (Å²) in [6, 6.07) is 12.4. The second-order valence-electron chi connectivity index (χ2n) is 3.85. The Labute approximate surface area is 140 Å². The smallest absolute Gasteiger partial charge is 0.267 e. The van der Waals surface area contributed by atoms with Gasteiger partial charge in [-0.1, -0.05) is 41.4 Å². The zero-order chi connectivity index (χ0) is 14.5. The summed E-state index contributed by atoms with van der Waals surface area (Å²) in [6.45, 7) is 0. The van der Waals surface area contributed by atoms with Crippen molar-refractivity contribution in [2.75, 3.05) is 0 Å². The van der Waals surface area contributed by atoms with E-state index in [0.717, 1.165) is 3.57 Å². The summed E-state index contributed by atoms with van der Waals surface area (Å²) in [4.78, 5) is 11.9. The van der Waals surface area contributed by atoms with Crippen LogP contribution >= 0.6 is 45.8 Å². The van der Waals surface area contributed by atoms with Gasteiger partial charge in [0.05, 0.1) is 16.3 Å². The molecular weight excluding hydrogens is 410 g/mol. The number of hydrogen-bond donors (Lipinski definition) is 1. The molecule has 0 saturated heterocycles. The van der Waals surface area contributed by atoms with Crippen molar-refractivity contribution in [1.82, 2.24) is 5.43 Å². The van der Waals surface area contributed by atoms with Gasteiger partial charge in [-0.05, 0) is 46.9 Å². The predicted molar refractivity (Wildman–Crippen MR) is 90.7 cm³/mol. The number of hydrazone groups is 1. The molecule has 0 aliphatic carbocycles. The van der Waals surface area contributed by atoms with Gasteiger partial charge < -0.3 is 0 Å². The van der Waals surface area contributed by atoms with Crippen molar-refractivity contribution < 1.29 is 4.79 Å². The van der Waals surface area contributed by atoms with Gasteiger partial charge in [0.1, 0.15) is 0 Å². The maximum absolute atomic E-state index is 11.9. The predicted octanol–water partition coefficient (Wildman–Crippen LogP) is 4.36. The fourth-order valence-electron chi connectivity index (χ4n) is 1.47. The van der Waals surface area contributed by atoms with Gasteiger partial charge in [0.25, 0.3) is 5.91 Å². The van der Waals surface area contributed by atoms with Gasteiger partial charge in [-0.2, -0.15) is 5.10 Å². The Hall–Kier alpha value is -1.11. The third kappa shape index (κ3) is 3.94. The molecule has 0 aliphatic heterocycles. The van der Waals surface area contributed by atoms with Gasteiger partial charge in [0.15, 0.2) is 0 Å². The van der Waals surface area contributed by atoms with E-state index in [1.54, 1.807) is 30.3 Å². The van der Waals surface area contributed by atoms with Crippen LogP contribution in [0.1, 0.15) is 15.9 Å². The Morgan fingerprint density at radius 1 is 1.20 bits per heavy atom. The second kappa shape index (κ2) is 7.06. The molecule has 0 fully saturated rings. The lowest BCUT2D eigenvalue weighted by Gasteiger charge is -2.01. The fourth-order valence-corrected chi connectivity index (χ4v) is 2.37. The van der Waals surface area contributed by atoms with Crippen LogP contribution in [0.2, 0.25) is 10.0 Å². The monoisotopic (exact) mass is 418 g/mol. The van der Waals surface area contributed by atoms with Gasteiger partial charge in [0, 0.05) is 14.7 Å². The summed E-state index contributed by atoms with van der Waals surface area (Å²) in [7, 11) is 0. The van der Waals surface area contributed by atoms with Gasteiger partial charge in [-0.15, -0.1) is 0 Å². The molecule has 0 saturated carbocycles. The average Bonchev–Trinajstić information content (AvgIpc) is 2.43. The Kier molecular flexibility index (Phi) is 5.39. The highest BCUT2D eigenvalue weighted by atomic mass is 127. The molecule has 1 N–H and O–H groups in total. The van der Waals surface area contributed by atoms with E-state index in [1.807, 2.05) is 12.1 Å². The van der Waals surface area contributed by atoms with Crippen LogP contribution in [0.15, 0.2) is 47.6 Å². The summed E-state index contributed by atoms with van der Waals surface area (Å²) >= 11 is 14.0. The van der Waals surface area contributed by atoms with Crippen LogP contribution in [0.3, 0.4) is 0 Å². The zero-order valence-electron chi connectivity index (χ0n) is 10.1. The summed E-state index contributed by atoms with van der Waals surface area (Å²) in [5.74, 6) is -0.280. The Morgan fingerprint density at radius 2 is 1.95 bits per heavy atom. The molecule has 2 aromatic rings. The number of nitrogens with zero attached hydrogens (tertiary/aromatic N) is 1. The first kappa shape index (κ1) is 15.3. The quantitative estimate of drug-likeness (QED) is 0.449. The third-order valence-electron chi connectivity index (χ3n) is 2.44. The van der Waals surface area contributed by atoms with Gasteiger partial charge in [-0.3, -0.25) is 4.79 Å². The molecule has 3 nitrogen and oxygen atoms in total. The second-order valence-corrected chi connectivity index (χ2v) is 5.88. The van der Waals surface area contributed by atoms with E-state index in [0.29, 0.717) is 21.2 Å². The van der Waals surface area contributed by atoms with E-state index < -0.39 is 0 Å².